The van der Waals surface area contributed by atoms with Crippen molar-refractivity contribution in [3.05, 3.63) is 243 Å². The van der Waals surface area contributed by atoms with Crippen molar-refractivity contribution in [3.8, 4) is 33.4 Å². The number of H-pyrrole nitrogens is 2. The van der Waals surface area contributed by atoms with E-state index >= 15 is 0 Å². The van der Waals surface area contributed by atoms with Crippen molar-refractivity contribution in [1.29, 1.82) is 0 Å². The lowest BCUT2D eigenvalue weighted by Gasteiger charge is -2.28. The highest BCUT2D eigenvalue weighted by molar-refractivity contribution is 6.16. The van der Waals surface area contributed by atoms with Gasteiger partial charge in [-0.2, -0.15) is 0 Å². The summed E-state index contributed by atoms with van der Waals surface area (Å²) in [5.74, 6) is 0. The third kappa shape index (κ3) is 6.40. The molecule has 2 aromatic heterocycles. The summed E-state index contributed by atoms with van der Waals surface area (Å²) in [5.41, 5.74) is 18.2. The number of fused-ring (bicyclic) bond motifs is 6. The summed E-state index contributed by atoms with van der Waals surface area (Å²) >= 11 is 0. The number of para-hydroxylation sites is 6. The van der Waals surface area contributed by atoms with Crippen LogP contribution in [0, 0.1) is 0 Å². The summed E-state index contributed by atoms with van der Waals surface area (Å²) in [4.78, 5) is 12.1. The molecule has 0 fully saturated rings. The minimum absolute atomic E-state index is 1.09. The highest BCUT2D eigenvalue weighted by Gasteiger charge is 2.22. The average Bonchev–Trinajstić information content (AvgIpc) is 3.95. The van der Waals surface area contributed by atoms with Crippen LogP contribution < -0.4 is 9.80 Å². The molecule has 0 spiro atoms. The number of rotatable bonds is 9. The summed E-state index contributed by atoms with van der Waals surface area (Å²) in [6.45, 7) is 0. The number of hydrogen-bond donors (Lipinski definition) is 2. The zero-order valence-corrected chi connectivity index (χ0v) is 35.0. The van der Waals surface area contributed by atoms with Gasteiger partial charge in [-0.25, -0.2) is 0 Å². The predicted molar refractivity (Wildman–Crippen MR) is 271 cm³/mol. The molecule has 0 unspecified atom stereocenters. The minimum atomic E-state index is 1.09. The first-order chi connectivity index (χ1) is 31.8. The van der Waals surface area contributed by atoms with E-state index < -0.39 is 0 Å². The number of hydrogen-bond acceptors (Lipinski definition) is 2. The van der Waals surface area contributed by atoms with Gasteiger partial charge in [0.25, 0.3) is 0 Å². The lowest BCUT2D eigenvalue weighted by atomic mass is 9.96. The van der Waals surface area contributed by atoms with Crippen LogP contribution >= 0.6 is 0 Å². The second kappa shape index (κ2) is 15.7. The van der Waals surface area contributed by atoms with Crippen molar-refractivity contribution in [1.82, 2.24) is 9.97 Å². The van der Waals surface area contributed by atoms with Gasteiger partial charge < -0.3 is 19.8 Å². The van der Waals surface area contributed by atoms with E-state index in [-0.39, 0.29) is 0 Å². The van der Waals surface area contributed by atoms with Gasteiger partial charge in [-0.15, -0.1) is 0 Å². The lowest BCUT2D eigenvalue weighted by Crippen LogP contribution is -2.11. The van der Waals surface area contributed by atoms with Crippen molar-refractivity contribution >= 4 is 77.7 Å². The molecule has 4 nitrogen and oxygen atoms in total. The van der Waals surface area contributed by atoms with Crippen LogP contribution in [0.25, 0.3) is 77.0 Å². The lowest BCUT2D eigenvalue weighted by molar-refractivity contribution is 1.28. The molecule has 0 radical (unpaired) electrons. The Morgan fingerprint density at radius 3 is 1.00 bits per heavy atom. The van der Waals surface area contributed by atoms with E-state index in [1.807, 2.05) is 0 Å². The zero-order valence-electron chi connectivity index (χ0n) is 35.0. The van der Waals surface area contributed by atoms with Crippen LogP contribution in [-0.4, -0.2) is 9.97 Å². The first-order valence-electron chi connectivity index (χ1n) is 21.9. The minimum Gasteiger partial charge on any atom is -0.354 e. The molecule has 0 aliphatic rings. The summed E-state index contributed by atoms with van der Waals surface area (Å²) in [6, 6.07) is 87.2. The van der Waals surface area contributed by atoms with Gasteiger partial charge in [-0.1, -0.05) is 158 Å². The van der Waals surface area contributed by atoms with Gasteiger partial charge in [-0.05, 0) is 107 Å². The Bertz CT molecular complexity index is 3360. The largest absolute Gasteiger partial charge is 0.354 e. The fraction of sp³-hybridized carbons (Fsp3) is 0. The Labute approximate surface area is 371 Å². The van der Waals surface area contributed by atoms with Crippen molar-refractivity contribution in [3.63, 3.8) is 0 Å². The van der Waals surface area contributed by atoms with Gasteiger partial charge in [0, 0.05) is 77.5 Å². The number of nitrogens with one attached hydrogen (secondary N) is 2. The van der Waals surface area contributed by atoms with Crippen LogP contribution in [-0.2, 0) is 0 Å². The van der Waals surface area contributed by atoms with Crippen molar-refractivity contribution in [2.45, 2.75) is 0 Å². The highest BCUT2D eigenvalue weighted by Crippen LogP contribution is 2.46. The molecule has 12 aromatic rings. The molecule has 0 amide bonds. The predicted octanol–water partition coefficient (Wildman–Crippen LogP) is 16.9. The molecule has 0 bridgehead atoms. The molecule has 12 rings (SSSR count). The quantitative estimate of drug-likeness (QED) is 0.152. The van der Waals surface area contributed by atoms with Gasteiger partial charge in [0.2, 0.25) is 0 Å². The number of anilines is 6. The van der Waals surface area contributed by atoms with E-state index in [2.05, 4.69) is 262 Å². The van der Waals surface area contributed by atoms with E-state index in [4.69, 9.17) is 0 Å². The van der Waals surface area contributed by atoms with Crippen molar-refractivity contribution in [2.75, 3.05) is 9.80 Å². The third-order valence-corrected chi connectivity index (χ3v) is 12.5. The molecule has 4 heteroatoms. The Hall–Kier alpha value is -8.60. The average molecular weight is 819 g/mol. The molecule has 64 heavy (non-hydrogen) atoms. The van der Waals surface area contributed by atoms with Crippen molar-refractivity contribution in [2.24, 2.45) is 0 Å². The molecule has 2 N–H and O–H groups in total. The summed E-state index contributed by atoms with van der Waals surface area (Å²) in [5, 5.41) is 4.92. The molecule has 302 valence electrons. The van der Waals surface area contributed by atoms with Crippen LogP contribution in [0.15, 0.2) is 243 Å². The molecule has 0 saturated carbocycles. The van der Waals surface area contributed by atoms with Gasteiger partial charge in [0.15, 0.2) is 0 Å². The molecular weight excluding hydrogens is 777 g/mol. The molecule has 0 saturated heterocycles. The molecule has 10 aromatic carbocycles. The van der Waals surface area contributed by atoms with E-state index in [0.717, 1.165) is 67.3 Å². The normalized spacial score (nSPS) is 11.4. The first kappa shape index (κ1) is 37.2. The molecule has 2 heterocycles. The van der Waals surface area contributed by atoms with Gasteiger partial charge in [0.1, 0.15) is 0 Å². The SMILES string of the molecule is c1ccc(N(c2ccc(-c3ccc(N(c4ccccc4)c4ccccc4-c4cccc5[nH]c6ccccc6c45)cc3)cc2)c2ccccc2-c2cccc3[nH]c4ccccc4c23)cc1. The van der Waals surface area contributed by atoms with Gasteiger partial charge in [0.05, 0.1) is 11.4 Å². The van der Waals surface area contributed by atoms with Crippen LogP contribution in [0.5, 0.6) is 0 Å². The molecular formula is C60H42N4. The molecule has 0 aliphatic carbocycles. The Balaban J connectivity index is 0.923. The maximum Gasteiger partial charge on any atom is 0.0540 e. The van der Waals surface area contributed by atoms with Crippen LogP contribution in [0.2, 0.25) is 0 Å². The summed E-state index contributed by atoms with van der Waals surface area (Å²) < 4.78 is 0. The standard InChI is InChI=1S/C60H42N4/c1-3-17-43(18-4-1)63(57-31-13-9-21-47(57)49-25-15-29-55-59(49)51-23-7-11-27-53(51)61-55)45-37-33-41(34-38-45)42-35-39-46(40-36-42)64(44-19-5-2-6-20-44)58-32-14-10-22-48(58)50-26-16-30-56-60(50)52-24-8-12-28-54(52)62-56/h1-40,61-62H. The van der Waals surface area contributed by atoms with E-state index in [9.17, 15) is 0 Å². The van der Waals surface area contributed by atoms with E-state index in [1.165, 1.54) is 43.8 Å². The van der Waals surface area contributed by atoms with Gasteiger partial charge in [-0.3, -0.25) is 0 Å². The first-order valence-corrected chi connectivity index (χ1v) is 21.9. The smallest absolute Gasteiger partial charge is 0.0540 e. The number of benzene rings is 10. The fourth-order valence-corrected chi connectivity index (χ4v) is 9.66. The van der Waals surface area contributed by atoms with Crippen LogP contribution in [0.3, 0.4) is 0 Å². The second-order valence-corrected chi connectivity index (χ2v) is 16.3. The zero-order chi connectivity index (χ0) is 42.4. The topological polar surface area (TPSA) is 38.1 Å². The third-order valence-electron chi connectivity index (χ3n) is 12.5. The van der Waals surface area contributed by atoms with Crippen molar-refractivity contribution < 1.29 is 0 Å². The van der Waals surface area contributed by atoms with Crippen LogP contribution in [0.4, 0.5) is 34.1 Å². The fourth-order valence-electron chi connectivity index (χ4n) is 9.66. The Kier molecular flexibility index (Phi) is 9.12. The van der Waals surface area contributed by atoms with Crippen LogP contribution in [0.1, 0.15) is 0 Å². The summed E-state index contributed by atoms with van der Waals surface area (Å²) in [7, 11) is 0. The number of nitrogens with zero attached hydrogens (tertiary/aromatic N) is 2. The number of aromatic amines is 2. The molecule has 0 aliphatic heterocycles. The maximum atomic E-state index is 3.65. The maximum absolute atomic E-state index is 3.65. The Morgan fingerprint density at radius 2 is 0.562 bits per heavy atom. The van der Waals surface area contributed by atoms with E-state index in [1.54, 1.807) is 0 Å². The van der Waals surface area contributed by atoms with E-state index in [0.29, 0.717) is 0 Å². The Morgan fingerprint density at radius 1 is 0.234 bits per heavy atom. The monoisotopic (exact) mass is 818 g/mol. The molecule has 0 atom stereocenters. The number of aromatic nitrogens is 2. The highest BCUT2D eigenvalue weighted by atomic mass is 15.1. The van der Waals surface area contributed by atoms with Gasteiger partial charge >= 0.3 is 0 Å². The second-order valence-electron chi connectivity index (χ2n) is 16.3. The summed E-state index contributed by atoms with van der Waals surface area (Å²) in [6.07, 6.45) is 0.